The number of hydrogen-bond donors (Lipinski definition) is 3. The molecule has 7 heteroatoms. The molecule has 0 aliphatic carbocycles. The van der Waals surface area contributed by atoms with Crippen molar-refractivity contribution in [1.29, 1.82) is 0 Å². The summed E-state index contributed by atoms with van der Waals surface area (Å²) >= 11 is 0. The number of pyridine rings is 1. The monoisotopic (exact) mass is 269 g/mol. The third-order valence-electron chi connectivity index (χ3n) is 3.06. The van der Waals surface area contributed by atoms with Gasteiger partial charge in [-0.15, -0.1) is 0 Å². The van der Waals surface area contributed by atoms with E-state index in [1.807, 2.05) is 29.7 Å². The Bertz CT molecular complexity index is 734. The first-order chi connectivity index (χ1) is 9.78. The van der Waals surface area contributed by atoms with Crippen LogP contribution in [0, 0.1) is 6.92 Å². The van der Waals surface area contributed by atoms with Crippen LogP contribution in [-0.2, 0) is 6.54 Å². The first-order valence-electron chi connectivity index (χ1n) is 6.22. The normalized spacial score (nSPS) is 10.7. The largest absolute Gasteiger partial charge is 0.361 e. The molecule has 3 aromatic rings. The van der Waals surface area contributed by atoms with Gasteiger partial charge in [-0.2, -0.15) is 0 Å². The lowest BCUT2D eigenvalue weighted by molar-refractivity contribution is 0.996. The van der Waals surface area contributed by atoms with Crippen LogP contribution in [0.1, 0.15) is 11.3 Å². The third-order valence-corrected chi connectivity index (χ3v) is 3.06. The summed E-state index contributed by atoms with van der Waals surface area (Å²) in [5.74, 6) is 6.65. The van der Waals surface area contributed by atoms with Gasteiger partial charge < -0.3 is 15.1 Å². The summed E-state index contributed by atoms with van der Waals surface area (Å²) in [6, 6.07) is 3.95. The van der Waals surface area contributed by atoms with Crippen molar-refractivity contribution >= 4 is 17.3 Å². The van der Waals surface area contributed by atoms with E-state index in [0.717, 1.165) is 16.9 Å². The number of aromatic nitrogens is 4. The number of rotatable bonds is 4. The molecule has 0 aromatic carbocycles. The van der Waals surface area contributed by atoms with Crippen LogP contribution in [0.2, 0.25) is 0 Å². The van der Waals surface area contributed by atoms with Crippen LogP contribution in [0.25, 0.3) is 5.65 Å². The van der Waals surface area contributed by atoms with Gasteiger partial charge in [0.05, 0.1) is 18.4 Å². The second-order valence-electron chi connectivity index (χ2n) is 4.40. The van der Waals surface area contributed by atoms with E-state index >= 15 is 0 Å². The SMILES string of the molecule is Cc1cccnc1CNc1nc(NN)cn2ccnc12. The van der Waals surface area contributed by atoms with Crippen LogP contribution in [0.15, 0.2) is 36.9 Å². The van der Waals surface area contributed by atoms with Crippen LogP contribution in [0.4, 0.5) is 11.6 Å². The van der Waals surface area contributed by atoms with Crippen molar-refractivity contribution in [1.82, 2.24) is 19.4 Å². The molecule has 0 amide bonds. The van der Waals surface area contributed by atoms with Gasteiger partial charge in [-0.25, -0.2) is 15.8 Å². The topological polar surface area (TPSA) is 93.2 Å². The summed E-state index contributed by atoms with van der Waals surface area (Å²) in [5, 5.41) is 3.25. The number of nitrogen functional groups attached to an aromatic ring is 1. The summed E-state index contributed by atoms with van der Waals surface area (Å²) in [7, 11) is 0. The molecule has 20 heavy (non-hydrogen) atoms. The number of aryl methyl sites for hydroxylation is 1. The Hall–Kier alpha value is -2.67. The minimum atomic E-state index is 0.566. The highest BCUT2D eigenvalue weighted by Gasteiger charge is 2.07. The first-order valence-corrected chi connectivity index (χ1v) is 6.22. The molecule has 3 aromatic heterocycles. The van der Waals surface area contributed by atoms with Crippen molar-refractivity contribution in [2.24, 2.45) is 5.84 Å². The predicted octanol–water partition coefficient (Wildman–Crippen LogP) is 1.33. The molecule has 0 radical (unpaired) electrons. The lowest BCUT2D eigenvalue weighted by atomic mass is 10.2. The van der Waals surface area contributed by atoms with Gasteiger partial charge in [0, 0.05) is 18.6 Å². The number of hydrazine groups is 1. The number of imidazole rings is 1. The van der Waals surface area contributed by atoms with Gasteiger partial charge in [0.25, 0.3) is 0 Å². The molecule has 102 valence electrons. The van der Waals surface area contributed by atoms with Gasteiger partial charge in [-0.1, -0.05) is 6.07 Å². The van der Waals surface area contributed by atoms with Gasteiger partial charge in [0.2, 0.25) is 0 Å². The van der Waals surface area contributed by atoms with E-state index < -0.39 is 0 Å². The average Bonchev–Trinajstić information content (AvgIpc) is 2.94. The molecule has 0 saturated heterocycles. The minimum Gasteiger partial charge on any atom is -0.361 e. The van der Waals surface area contributed by atoms with Crippen LogP contribution in [0.5, 0.6) is 0 Å². The maximum absolute atomic E-state index is 5.42. The number of nitrogens with two attached hydrogens (primary N) is 1. The molecule has 0 atom stereocenters. The summed E-state index contributed by atoms with van der Waals surface area (Å²) in [6.45, 7) is 2.61. The Balaban J connectivity index is 1.90. The van der Waals surface area contributed by atoms with Crippen molar-refractivity contribution in [2.45, 2.75) is 13.5 Å². The molecule has 3 rings (SSSR count). The Morgan fingerprint density at radius 3 is 3.00 bits per heavy atom. The molecule has 7 nitrogen and oxygen atoms in total. The van der Waals surface area contributed by atoms with Crippen molar-refractivity contribution in [2.75, 3.05) is 10.7 Å². The lowest BCUT2D eigenvalue weighted by Crippen LogP contribution is -2.12. The molecule has 4 N–H and O–H groups in total. The second-order valence-corrected chi connectivity index (χ2v) is 4.40. The Morgan fingerprint density at radius 1 is 1.30 bits per heavy atom. The van der Waals surface area contributed by atoms with Crippen molar-refractivity contribution in [3.05, 3.63) is 48.2 Å². The standard InChI is InChI=1S/C13H15N7/c1-9-3-2-4-15-10(9)7-17-12-13-16-5-6-20(13)8-11(18-12)19-14/h2-6,8,19H,7,14H2,1H3,(H,17,18). The number of anilines is 2. The minimum absolute atomic E-state index is 0.566. The summed E-state index contributed by atoms with van der Waals surface area (Å²) in [4.78, 5) is 13.0. The first kappa shape index (κ1) is 12.4. The highest BCUT2D eigenvalue weighted by molar-refractivity contribution is 5.65. The smallest absolute Gasteiger partial charge is 0.180 e. The second kappa shape index (κ2) is 5.14. The van der Waals surface area contributed by atoms with Crippen LogP contribution < -0.4 is 16.6 Å². The van der Waals surface area contributed by atoms with Gasteiger partial charge in [0.1, 0.15) is 0 Å². The van der Waals surface area contributed by atoms with Crippen LogP contribution >= 0.6 is 0 Å². The average molecular weight is 269 g/mol. The molecule has 0 bridgehead atoms. The fraction of sp³-hybridized carbons (Fsp3) is 0.154. The number of hydrogen-bond acceptors (Lipinski definition) is 6. The molecule has 0 aliphatic rings. The zero-order chi connectivity index (χ0) is 13.9. The molecule has 0 spiro atoms. The Kier molecular flexibility index (Phi) is 3.18. The van der Waals surface area contributed by atoms with E-state index in [1.54, 1.807) is 18.6 Å². The van der Waals surface area contributed by atoms with Gasteiger partial charge >= 0.3 is 0 Å². The molecule has 0 saturated carbocycles. The van der Waals surface area contributed by atoms with E-state index in [-0.39, 0.29) is 0 Å². The lowest BCUT2D eigenvalue weighted by Gasteiger charge is -2.10. The van der Waals surface area contributed by atoms with E-state index in [9.17, 15) is 0 Å². The zero-order valence-corrected chi connectivity index (χ0v) is 11.0. The number of nitrogens with one attached hydrogen (secondary N) is 2. The molecular weight excluding hydrogens is 254 g/mol. The summed E-state index contributed by atoms with van der Waals surface area (Å²) in [6.07, 6.45) is 7.11. The van der Waals surface area contributed by atoms with Crippen molar-refractivity contribution in [3.63, 3.8) is 0 Å². The summed E-state index contributed by atoms with van der Waals surface area (Å²) < 4.78 is 1.86. The molecule has 0 fully saturated rings. The molecular formula is C13H15N7. The van der Waals surface area contributed by atoms with E-state index in [4.69, 9.17) is 5.84 Å². The molecule has 0 aliphatic heterocycles. The predicted molar refractivity (Wildman–Crippen MR) is 77.1 cm³/mol. The van der Waals surface area contributed by atoms with Crippen LogP contribution in [-0.4, -0.2) is 19.4 Å². The number of nitrogens with zero attached hydrogens (tertiary/aromatic N) is 4. The highest BCUT2D eigenvalue weighted by atomic mass is 15.3. The van der Waals surface area contributed by atoms with Crippen molar-refractivity contribution in [3.8, 4) is 0 Å². The van der Waals surface area contributed by atoms with Crippen LogP contribution in [0.3, 0.4) is 0 Å². The quantitative estimate of drug-likeness (QED) is 0.489. The molecule has 3 heterocycles. The maximum Gasteiger partial charge on any atom is 0.180 e. The fourth-order valence-corrected chi connectivity index (χ4v) is 1.99. The van der Waals surface area contributed by atoms with E-state index in [0.29, 0.717) is 18.2 Å². The summed E-state index contributed by atoms with van der Waals surface area (Å²) in [5.41, 5.74) is 5.40. The number of fused-ring (bicyclic) bond motifs is 1. The van der Waals surface area contributed by atoms with Gasteiger partial charge in [0.15, 0.2) is 17.3 Å². The van der Waals surface area contributed by atoms with Gasteiger partial charge in [-0.3, -0.25) is 4.98 Å². The highest BCUT2D eigenvalue weighted by Crippen LogP contribution is 2.16. The van der Waals surface area contributed by atoms with Gasteiger partial charge in [-0.05, 0) is 18.6 Å². The zero-order valence-electron chi connectivity index (χ0n) is 11.0. The van der Waals surface area contributed by atoms with Crippen molar-refractivity contribution < 1.29 is 0 Å². The van der Waals surface area contributed by atoms with E-state index in [1.165, 1.54) is 0 Å². The molecule has 0 unspecified atom stereocenters. The Labute approximate surface area is 115 Å². The maximum atomic E-state index is 5.42. The fourth-order valence-electron chi connectivity index (χ4n) is 1.99. The Morgan fingerprint density at radius 2 is 2.20 bits per heavy atom. The van der Waals surface area contributed by atoms with E-state index in [2.05, 4.69) is 25.7 Å². The third kappa shape index (κ3) is 2.26.